The highest BCUT2D eigenvalue weighted by molar-refractivity contribution is 5.88. The topological polar surface area (TPSA) is 110 Å². The van der Waals surface area contributed by atoms with E-state index < -0.39 is 23.9 Å². The van der Waals surface area contributed by atoms with Crippen LogP contribution in [0.1, 0.15) is 17.4 Å². The molecule has 0 fully saturated rings. The number of urea groups is 1. The van der Waals surface area contributed by atoms with Gasteiger partial charge in [0, 0.05) is 0 Å². The van der Waals surface area contributed by atoms with E-state index in [0.29, 0.717) is 11.3 Å². The molecule has 1 heterocycles. The van der Waals surface area contributed by atoms with Gasteiger partial charge in [0.1, 0.15) is 5.76 Å². The lowest BCUT2D eigenvalue weighted by molar-refractivity contribution is -0.145. The van der Waals surface area contributed by atoms with Crippen molar-refractivity contribution in [2.75, 3.05) is 13.7 Å². The third-order valence-corrected chi connectivity index (χ3v) is 3.29. The van der Waals surface area contributed by atoms with Gasteiger partial charge in [0.05, 0.1) is 26.5 Å². The van der Waals surface area contributed by atoms with Crippen LogP contribution >= 0.6 is 0 Å². The van der Waals surface area contributed by atoms with Gasteiger partial charge >= 0.3 is 12.0 Å². The zero-order valence-electron chi connectivity index (χ0n) is 13.7. The first-order valence-corrected chi connectivity index (χ1v) is 7.56. The maximum Gasteiger partial charge on any atom is 0.333 e. The summed E-state index contributed by atoms with van der Waals surface area (Å²) in [5.74, 6) is -0.524. The van der Waals surface area contributed by atoms with E-state index in [-0.39, 0.29) is 13.1 Å². The number of benzene rings is 1. The molecule has 0 saturated heterocycles. The summed E-state index contributed by atoms with van der Waals surface area (Å²) >= 11 is 0. The first-order valence-electron chi connectivity index (χ1n) is 7.56. The molecule has 8 heteroatoms. The Morgan fingerprint density at radius 2 is 1.84 bits per heavy atom. The fourth-order valence-electron chi connectivity index (χ4n) is 2.06. The Morgan fingerprint density at radius 3 is 2.48 bits per heavy atom. The molecule has 0 spiro atoms. The Bertz CT molecular complexity index is 700. The van der Waals surface area contributed by atoms with Crippen molar-refractivity contribution in [2.45, 2.75) is 12.6 Å². The van der Waals surface area contributed by atoms with E-state index >= 15 is 0 Å². The van der Waals surface area contributed by atoms with Crippen LogP contribution in [0.15, 0.2) is 53.1 Å². The number of rotatable bonds is 7. The molecule has 0 radical (unpaired) electrons. The van der Waals surface area contributed by atoms with Gasteiger partial charge in [-0.2, -0.15) is 0 Å². The van der Waals surface area contributed by atoms with Crippen molar-refractivity contribution in [3.05, 3.63) is 60.1 Å². The van der Waals surface area contributed by atoms with Gasteiger partial charge in [-0.25, -0.2) is 9.59 Å². The van der Waals surface area contributed by atoms with Crippen molar-refractivity contribution in [1.82, 2.24) is 16.0 Å². The predicted octanol–water partition coefficient (Wildman–Crippen LogP) is 1.11. The molecule has 0 unspecified atom stereocenters. The van der Waals surface area contributed by atoms with Crippen molar-refractivity contribution in [2.24, 2.45) is 0 Å². The number of furan rings is 1. The van der Waals surface area contributed by atoms with Crippen LogP contribution in [0.25, 0.3) is 0 Å². The molecule has 2 rings (SSSR count). The minimum Gasteiger partial charge on any atom is -0.467 e. The Morgan fingerprint density at radius 1 is 1.08 bits per heavy atom. The average Bonchev–Trinajstić information content (AvgIpc) is 3.16. The quantitative estimate of drug-likeness (QED) is 0.651. The van der Waals surface area contributed by atoms with E-state index in [1.165, 1.54) is 13.4 Å². The normalized spacial score (nSPS) is 11.2. The monoisotopic (exact) mass is 345 g/mol. The second-order valence-electron chi connectivity index (χ2n) is 5.05. The van der Waals surface area contributed by atoms with E-state index in [0.717, 1.165) is 0 Å². The van der Waals surface area contributed by atoms with Crippen molar-refractivity contribution >= 4 is 17.9 Å². The van der Waals surface area contributed by atoms with Crippen LogP contribution in [-0.4, -0.2) is 31.6 Å². The molecule has 132 valence electrons. The van der Waals surface area contributed by atoms with Crippen LogP contribution in [0.5, 0.6) is 0 Å². The van der Waals surface area contributed by atoms with Gasteiger partial charge in [0.15, 0.2) is 6.04 Å². The van der Waals surface area contributed by atoms with Crippen molar-refractivity contribution in [3.63, 3.8) is 0 Å². The number of carbonyl (C=O) groups excluding carboxylic acids is 3. The molecule has 0 aliphatic carbocycles. The standard InChI is InChI=1S/C17H19N3O5/c1-24-16(22)15(12-6-3-2-4-7-12)20-14(21)11-19-17(23)18-10-13-8-5-9-25-13/h2-9,15H,10-11H2,1H3,(H,20,21)(H2,18,19,23)/t15-/m1/s1. The summed E-state index contributed by atoms with van der Waals surface area (Å²) < 4.78 is 9.79. The van der Waals surface area contributed by atoms with Crippen molar-refractivity contribution < 1.29 is 23.5 Å². The lowest BCUT2D eigenvalue weighted by atomic mass is 10.1. The Kier molecular flexibility index (Phi) is 6.58. The first kappa shape index (κ1) is 18.1. The largest absolute Gasteiger partial charge is 0.467 e. The average molecular weight is 345 g/mol. The van der Waals surface area contributed by atoms with Gasteiger partial charge in [-0.3, -0.25) is 4.79 Å². The number of amides is 3. The fourth-order valence-corrected chi connectivity index (χ4v) is 2.06. The summed E-state index contributed by atoms with van der Waals surface area (Å²) in [6.45, 7) is -0.0838. The van der Waals surface area contributed by atoms with E-state index in [9.17, 15) is 14.4 Å². The second kappa shape index (κ2) is 9.11. The van der Waals surface area contributed by atoms with E-state index in [4.69, 9.17) is 9.15 Å². The number of ether oxygens (including phenoxy) is 1. The number of methoxy groups -OCH3 is 1. The van der Waals surface area contributed by atoms with Crippen LogP contribution in [0.3, 0.4) is 0 Å². The van der Waals surface area contributed by atoms with Gasteiger partial charge in [-0.1, -0.05) is 30.3 Å². The summed E-state index contributed by atoms with van der Waals surface area (Å²) in [5.41, 5.74) is 0.588. The van der Waals surface area contributed by atoms with Gasteiger partial charge in [0.25, 0.3) is 0 Å². The highest BCUT2D eigenvalue weighted by Crippen LogP contribution is 2.13. The summed E-state index contributed by atoms with van der Waals surface area (Å²) in [6, 6.07) is 10.6. The zero-order valence-corrected chi connectivity index (χ0v) is 13.7. The third kappa shape index (κ3) is 5.69. The van der Waals surface area contributed by atoms with Crippen LogP contribution < -0.4 is 16.0 Å². The summed E-state index contributed by atoms with van der Waals surface area (Å²) in [6.07, 6.45) is 1.50. The van der Waals surface area contributed by atoms with Crippen LogP contribution in [0.2, 0.25) is 0 Å². The molecule has 1 aromatic heterocycles. The predicted molar refractivity (Wildman–Crippen MR) is 88.3 cm³/mol. The minimum atomic E-state index is -0.938. The molecule has 0 bridgehead atoms. The molecule has 0 aliphatic heterocycles. The number of hydrogen-bond donors (Lipinski definition) is 3. The number of hydrogen-bond acceptors (Lipinski definition) is 5. The Labute approximate surface area is 144 Å². The number of carbonyl (C=O) groups is 3. The maximum atomic E-state index is 12.0. The highest BCUT2D eigenvalue weighted by Gasteiger charge is 2.23. The van der Waals surface area contributed by atoms with E-state index in [1.54, 1.807) is 42.5 Å². The van der Waals surface area contributed by atoms with E-state index in [2.05, 4.69) is 16.0 Å². The van der Waals surface area contributed by atoms with Crippen molar-refractivity contribution in [1.29, 1.82) is 0 Å². The van der Waals surface area contributed by atoms with Crippen LogP contribution in [0.4, 0.5) is 4.79 Å². The second-order valence-corrected chi connectivity index (χ2v) is 5.05. The zero-order chi connectivity index (χ0) is 18.1. The summed E-state index contributed by atoms with van der Waals surface area (Å²) in [4.78, 5) is 35.5. The Hall–Kier alpha value is -3.29. The van der Waals surface area contributed by atoms with Crippen molar-refractivity contribution in [3.8, 4) is 0 Å². The number of nitrogens with one attached hydrogen (secondary N) is 3. The van der Waals surface area contributed by atoms with Crippen LogP contribution in [-0.2, 0) is 20.9 Å². The SMILES string of the molecule is COC(=O)[C@H](NC(=O)CNC(=O)NCc1ccco1)c1ccccc1. The highest BCUT2D eigenvalue weighted by atomic mass is 16.5. The lowest BCUT2D eigenvalue weighted by Gasteiger charge is -2.17. The molecule has 0 aliphatic rings. The molecular weight excluding hydrogens is 326 g/mol. The molecule has 8 nitrogen and oxygen atoms in total. The molecule has 1 aromatic carbocycles. The molecule has 3 N–H and O–H groups in total. The lowest BCUT2D eigenvalue weighted by Crippen LogP contribution is -2.44. The molecule has 25 heavy (non-hydrogen) atoms. The van der Waals surface area contributed by atoms with E-state index in [1.807, 2.05) is 0 Å². The molecule has 3 amide bonds. The summed E-state index contributed by atoms with van der Waals surface area (Å²) in [5, 5.41) is 7.48. The van der Waals surface area contributed by atoms with Crippen LogP contribution in [0, 0.1) is 0 Å². The summed E-state index contributed by atoms with van der Waals surface area (Å²) in [7, 11) is 1.24. The van der Waals surface area contributed by atoms with Gasteiger partial charge < -0.3 is 25.1 Å². The Balaban J connectivity index is 1.82. The molecular formula is C17H19N3O5. The van der Waals surface area contributed by atoms with Gasteiger partial charge in [0.2, 0.25) is 5.91 Å². The minimum absolute atomic E-state index is 0.204. The first-order chi connectivity index (χ1) is 12.1. The third-order valence-electron chi connectivity index (χ3n) is 3.29. The molecule has 0 saturated carbocycles. The smallest absolute Gasteiger partial charge is 0.333 e. The molecule has 1 atom stereocenters. The number of esters is 1. The molecule has 2 aromatic rings. The fraction of sp³-hybridized carbons (Fsp3) is 0.235. The maximum absolute atomic E-state index is 12.0. The van der Waals surface area contributed by atoms with Gasteiger partial charge in [-0.15, -0.1) is 0 Å². The van der Waals surface area contributed by atoms with Gasteiger partial charge in [-0.05, 0) is 17.7 Å².